The second-order valence-corrected chi connectivity index (χ2v) is 12.1. The monoisotopic (exact) mass is 667 g/mol. The fraction of sp³-hybridized carbons (Fsp3) is 0.290. The van der Waals surface area contributed by atoms with Gasteiger partial charge in [0.1, 0.15) is 41.7 Å². The SMILES string of the molecule is Nc1c(-c2ccc3c(c2)C(=O)NC3)c([C@H](Cc2cc(F)cc(F)c2)NC(=O)Cn2nc(C(F)F)c3c2C(F)(F)[C@@H]2CC32)nc2ncnn12. The molecule has 48 heavy (non-hydrogen) atoms. The first-order valence-corrected chi connectivity index (χ1v) is 14.8. The number of anilines is 1. The van der Waals surface area contributed by atoms with Crippen molar-refractivity contribution in [1.29, 1.82) is 0 Å². The molecule has 17 heteroatoms. The molecule has 0 saturated heterocycles. The summed E-state index contributed by atoms with van der Waals surface area (Å²) in [6.07, 6.45) is -2.18. The van der Waals surface area contributed by atoms with Crippen molar-refractivity contribution in [3.63, 3.8) is 0 Å². The van der Waals surface area contributed by atoms with Gasteiger partial charge in [0, 0.05) is 35.2 Å². The first-order valence-electron chi connectivity index (χ1n) is 14.8. The van der Waals surface area contributed by atoms with Crippen LogP contribution in [0.1, 0.15) is 68.9 Å². The molecule has 0 radical (unpaired) electrons. The molecule has 1 unspecified atom stereocenters. The number of alkyl halides is 4. The molecule has 4 N–H and O–H groups in total. The fourth-order valence-electron chi connectivity index (χ4n) is 6.93. The van der Waals surface area contributed by atoms with Crippen LogP contribution < -0.4 is 16.4 Å². The van der Waals surface area contributed by atoms with E-state index in [9.17, 15) is 27.2 Å². The molecule has 2 aliphatic carbocycles. The van der Waals surface area contributed by atoms with Crippen LogP contribution in [0.25, 0.3) is 16.9 Å². The van der Waals surface area contributed by atoms with E-state index in [-0.39, 0.29) is 52.7 Å². The Bertz CT molecular complexity index is 2160. The van der Waals surface area contributed by atoms with Crippen LogP contribution in [0.3, 0.4) is 0 Å². The van der Waals surface area contributed by atoms with E-state index in [4.69, 9.17) is 5.73 Å². The van der Waals surface area contributed by atoms with Crippen LogP contribution in [0.4, 0.5) is 32.2 Å². The van der Waals surface area contributed by atoms with Crippen LogP contribution in [-0.4, -0.2) is 41.2 Å². The number of rotatable bonds is 8. The molecule has 1 fully saturated rings. The van der Waals surface area contributed by atoms with Gasteiger partial charge in [0.15, 0.2) is 0 Å². The maximum Gasteiger partial charge on any atom is 0.293 e. The highest BCUT2D eigenvalue weighted by Gasteiger charge is 2.67. The lowest BCUT2D eigenvalue weighted by Crippen LogP contribution is -2.35. The molecule has 0 spiro atoms. The van der Waals surface area contributed by atoms with E-state index in [1.807, 2.05) is 0 Å². The third-order valence-electron chi connectivity index (χ3n) is 9.06. The zero-order valence-corrected chi connectivity index (χ0v) is 24.5. The van der Waals surface area contributed by atoms with E-state index in [1.165, 1.54) is 10.8 Å². The second-order valence-electron chi connectivity index (χ2n) is 12.1. The lowest BCUT2D eigenvalue weighted by Gasteiger charge is -2.23. The van der Waals surface area contributed by atoms with Crippen molar-refractivity contribution in [3.05, 3.63) is 93.7 Å². The van der Waals surface area contributed by atoms with Gasteiger partial charge < -0.3 is 16.4 Å². The Kier molecular flexibility index (Phi) is 6.55. The van der Waals surface area contributed by atoms with Gasteiger partial charge in [-0.3, -0.25) is 14.3 Å². The minimum absolute atomic E-state index is 0.000151. The number of carbonyl (C=O) groups excluding carboxylic acids is 2. The summed E-state index contributed by atoms with van der Waals surface area (Å²) in [5.41, 5.74) is 6.65. The Balaban J connectivity index is 1.23. The molecule has 4 heterocycles. The Labute approximate surface area is 266 Å². The summed E-state index contributed by atoms with van der Waals surface area (Å²) >= 11 is 0. The Morgan fingerprint density at radius 2 is 1.90 bits per heavy atom. The highest BCUT2D eigenvalue weighted by molar-refractivity contribution is 6.00. The number of nitrogens with zero attached hydrogens (tertiary/aromatic N) is 6. The Hall–Kier alpha value is -5.48. The lowest BCUT2D eigenvalue weighted by atomic mass is 9.94. The van der Waals surface area contributed by atoms with E-state index in [0.29, 0.717) is 28.4 Å². The van der Waals surface area contributed by atoms with Crippen molar-refractivity contribution >= 4 is 23.4 Å². The minimum atomic E-state index is -3.46. The van der Waals surface area contributed by atoms with Gasteiger partial charge >= 0.3 is 0 Å². The molecule has 8 rings (SSSR count). The number of hydrogen-bond donors (Lipinski definition) is 3. The second kappa shape index (κ2) is 10.5. The van der Waals surface area contributed by atoms with Crippen LogP contribution in [-0.2, 0) is 30.2 Å². The van der Waals surface area contributed by atoms with E-state index in [0.717, 1.165) is 17.7 Å². The molecule has 0 bridgehead atoms. The number of fused-ring (bicyclic) bond motifs is 5. The molecule has 3 atom stereocenters. The van der Waals surface area contributed by atoms with Gasteiger partial charge in [-0.1, -0.05) is 12.1 Å². The van der Waals surface area contributed by atoms with Crippen molar-refractivity contribution in [1.82, 2.24) is 40.0 Å². The van der Waals surface area contributed by atoms with E-state index < -0.39 is 65.7 Å². The average Bonchev–Trinajstić information content (AvgIpc) is 3.26. The lowest BCUT2D eigenvalue weighted by molar-refractivity contribution is -0.123. The first-order chi connectivity index (χ1) is 22.9. The number of nitrogen functional groups attached to an aromatic ring is 1. The highest BCUT2D eigenvalue weighted by Crippen LogP contribution is 2.68. The van der Waals surface area contributed by atoms with Gasteiger partial charge in [-0.15, -0.1) is 0 Å². The molecule has 1 saturated carbocycles. The molecule has 2 aromatic carbocycles. The maximum atomic E-state index is 15.2. The molecule has 11 nitrogen and oxygen atoms in total. The van der Waals surface area contributed by atoms with Crippen LogP contribution in [0.5, 0.6) is 0 Å². The summed E-state index contributed by atoms with van der Waals surface area (Å²) in [7, 11) is 0. The molecule has 2 amide bonds. The third kappa shape index (κ3) is 4.66. The van der Waals surface area contributed by atoms with E-state index >= 15 is 8.78 Å². The zero-order valence-electron chi connectivity index (χ0n) is 24.5. The van der Waals surface area contributed by atoms with Crippen molar-refractivity contribution in [3.8, 4) is 11.1 Å². The summed E-state index contributed by atoms with van der Waals surface area (Å²) < 4.78 is 88.6. The molecule has 5 aromatic rings. The average molecular weight is 668 g/mol. The summed E-state index contributed by atoms with van der Waals surface area (Å²) in [5.74, 6) is -8.40. The van der Waals surface area contributed by atoms with Crippen LogP contribution in [0, 0.1) is 17.6 Å². The molecule has 3 aliphatic rings. The van der Waals surface area contributed by atoms with E-state index in [2.05, 4.69) is 30.8 Å². The number of nitrogens with one attached hydrogen (secondary N) is 2. The number of halogens is 6. The zero-order chi connectivity index (χ0) is 33.6. The number of amides is 2. The van der Waals surface area contributed by atoms with Crippen molar-refractivity contribution in [2.75, 3.05) is 5.73 Å². The number of hydrogen-bond acceptors (Lipinski definition) is 7. The quantitative estimate of drug-likeness (QED) is 0.209. The van der Waals surface area contributed by atoms with Crippen molar-refractivity contribution in [2.24, 2.45) is 5.92 Å². The van der Waals surface area contributed by atoms with Crippen LogP contribution in [0.2, 0.25) is 0 Å². The normalized spacial score (nSPS) is 19.3. The summed E-state index contributed by atoms with van der Waals surface area (Å²) in [6, 6.07) is 6.46. The van der Waals surface area contributed by atoms with Gasteiger partial charge in [-0.2, -0.15) is 28.5 Å². The number of carbonyl (C=O) groups is 2. The smallest absolute Gasteiger partial charge is 0.293 e. The van der Waals surface area contributed by atoms with Gasteiger partial charge in [-0.05, 0) is 53.6 Å². The predicted octanol–water partition coefficient (Wildman–Crippen LogP) is 4.34. The predicted molar refractivity (Wildman–Crippen MR) is 155 cm³/mol. The Morgan fingerprint density at radius 3 is 2.65 bits per heavy atom. The molecular weight excluding hydrogens is 644 g/mol. The van der Waals surface area contributed by atoms with Crippen molar-refractivity contribution < 1.29 is 35.9 Å². The number of benzene rings is 2. The molecule has 3 aromatic heterocycles. The number of aromatic nitrogens is 6. The minimum Gasteiger partial charge on any atom is -0.383 e. The van der Waals surface area contributed by atoms with Gasteiger partial charge in [0.25, 0.3) is 24.0 Å². The molecular formula is C31H23F6N9O2. The van der Waals surface area contributed by atoms with Gasteiger partial charge in [-0.25, -0.2) is 22.5 Å². The largest absolute Gasteiger partial charge is 0.383 e. The fourth-order valence-corrected chi connectivity index (χ4v) is 6.93. The van der Waals surface area contributed by atoms with Crippen LogP contribution >= 0.6 is 0 Å². The Morgan fingerprint density at radius 1 is 1.12 bits per heavy atom. The topological polar surface area (TPSA) is 145 Å². The molecule has 246 valence electrons. The standard InChI is InChI=1S/C31H23F6N9O2/c32-15-3-12(4-16(33)7-15)5-20(42-21(47)10-45-26-23(25(44-45)27(34)35)18-8-19(18)31(26,36)37)24-22(28(38)46-30(43-24)40-11-41-46)13-1-2-14-9-39-29(48)17(14)6-13/h1-4,6-7,11,18-20,27H,5,8-10,38H2,(H,39,48)(H,42,47)/t18?,19-,20+/m1/s1. The third-order valence-corrected chi connectivity index (χ3v) is 9.06. The van der Waals surface area contributed by atoms with Crippen LogP contribution in [0.15, 0.2) is 42.7 Å². The summed E-state index contributed by atoms with van der Waals surface area (Å²) in [6.45, 7) is -0.555. The highest BCUT2D eigenvalue weighted by atomic mass is 19.3. The maximum absolute atomic E-state index is 15.2. The van der Waals surface area contributed by atoms with Crippen molar-refractivity contribution in [2.45, 2.75) is 50.2 Å². The van der Waals surface area contributed by atoms with E-state index in [1.54, 1.807) is 18.2 Å². The number of nitrogens with two attached hydrogens (primary N) is 1. The summed E-state index contributed by atoms with van der Waals surface area (Å²) in [5, 5.41) is 13.2. The summed E-state index contributed by atoms with van der Waals surface area (Å²) in [4.78, 5) is 34.8. The van der Waals surface area contributed by atoms with Gasteiger partial charge in [0.05, 0.1) is 11.7 Å². The van der Waals surface area contributed by atoms with Gasteiger partial charge in [0.2, 0.25) is 5.91 Å². The first kappa shape index (κ1) is 29.9. The molecule has 1 aliphatic heterocycles.